The second-order valence-corrected chi connectivity index (χ2v) is 10.2. The van der Waals surface area contributed by atoms with Gasteiger partial charge in [0.05, 0.1) is 18.8 Å². The van der Waals surface area contributed by atoms with Gasteiger partial charge in [0.15, 0.2) is 0 Å². The molecule has 3 rings (SSSR count). The van der Waals surface area contributed by atoms with Gasteiger partial charge in [-0.1, -0.05) is 20.8 Å². The minimum atomic E-state index is -1.34. The molecular weight excluding hydrogens is 392 g/mol. The molecule has 1 saturated heterocycles. The zero-order chi connectivity index (χ0) is 22.0. The predicted molar refractivity (Wildman–Crippen MR) is 110 cm³/mol. The van der Waals surface area contributed by atoms with Crippen LogP contribution in [-0.2, 0) is 4.74 Å². The molecule has 30 heavy (non-hydrogen) atoms. The highest BCUT2D eigenvalue weighted by Crippen LogP contribution is 2.41. The molecule has 1 aliphatic carbocycles. The Labute approximate surface area is 178 Å². The molecule has 1 unspecified atom stereocenters. The molecule has 2 fully saturated rings. The third-order valence-corrected chi connectivity index (χ3v) is 6.44. The molecule has 1 atom stereocenters. The Morgan fingerprint density at radius 2 is 1.73 bits per heavy atom. The van der Waals surface area contributed by atoms with E-state index < -0.39 is 22.8 Å². The van der Waals surface area contributed by atoms with E-state index in [1.165, 1.54) is 0 Å². The summed E-state index contributed by atoms with van der Waals surface area (Å²) in [6, 6.07) is 2.93. The van der Waals surface area contributed by atoms with Crippen LogP contribution in [0.3, 0.4) is 0 Å². The molecule has 0 spiro atoms. The summed E-state index contributed by atoms with van der Waals surface area (Å²) in [6.07, 6.45) is 3.46. The van der Waals surface area contributed by atoms with Gasteiger partial charge in [-0.2, -0.15) is 0 Å². The van der Waals surface area contributed by atoms with Crippen LogP contribution in [0.1, 0.15) is 46.5 Å². The Kier molecular flexibility index (Phi) is 7.07. The molecule has 7 heteroatoms. The molecule has 0 radical (unpaired) electrons. The Bertz CT molecular complexity index is 695. The molecule has 5 nitrogen and oxygen atoms in total. The quantitative estimate of drug-likeness (QED) is 0.755. The van der Waals surface area contributed by atoms with E-state index in [9.17, 15) is 19.0 Å². The van der Waals surface area contributed by atoms with Gasteiger partial charge in [0.2, 0.25) is 0 Å². The fraction of sp³-hybridized carbons (Fsp3) is 0.739. The van der Waals surface area contributed by atoms with Gasteiger partial charge in [-0.3, -0.25) is 4.90 Å². The van der Waals surface area contributed by atoms with Crippen LogP contribution in [-0.4, -0.2) is 65.8 Å². The maximum Gasteiger partial charge on any atom is 0.134 e. The van der Waals surface area contributed by atoms with Crippen molar-refractivity contribution in [2.24, 2.45) is 11.3 Å². The number of hydrogen-bond acceptors (Lipinski definition) is 5. The summed E-state index contributed by atoms with van der Waals surface area (Å²) in [4.78, 5) is 2.01. The molecule has 2 aliphatic rings. The Balaban J connectivity index is 1.58. The van der Waals surface area contributed by atoms with Gasteiger partial charge in [-0.25, -0.2) is 8.78 Å². The number of aliphatic hydroxyl groups is 2. The third kappa shape index (κ3) is 6.36. The molecule has 1 aromatic carbocycles. The van der Waals surface area contributed by atoms with Crippen molar-refractivity contribution >= 4 is 0 Å². The summed E-state index contributed by atoms with van der Waals surface area (Å²) in [5.41, 5.74) is -1.87. The number of nitrogens with zero attached hydrogens (tertiary/aromatic N) is 1. The second-order valence-electron chi connectivity index (χ2n) is 10.2. The largest absolute Gasteiger partial charge is 0.490 e. The Morgan fingerprint density at radius 1 is 1.10 bits per heavy atom. The summed E-state index contributed by atoms with van der Waals surface area (Å²) in [5, 5.41) is 22.2. The highest BCUT2D eigenvalue weighted by atomic mass is 19.1. The minimum Gasteiger partial charge on any atom is -0.490 e. The summed E-state index contributed by atoms with van der Waals surface area (Å²) < 4.78 is 37.8. The van der Waals surface area contributed by atoms with Crippen LogP contribution in [0.5, 0.6) is 5.75 Å². The lowest BCUT2D eigenvalue weighted by Gasteiger charge is -2.43. The zero-order valence-electron chi connectivity index (χ0n) is 18.3. The molecule has 0 aromatic heterocycles. The average Bonchev–Trinajstić information content (AvgIpc) is 2.80. The van der Waals surface area contributed by atoms with E-state index in [-0.39, 0.29) is 30.9 Å². The molecule has 170 valence electrons. The first-order valence-electron chi connectivity index (χ1n) is 10.8. The topological polar surface area (TPSA) is 62.2 Å². The SMILES string of the molecule is CC(C)(C)C1CCC(O)(CN2CCOCC(O)(COc3cc(F)cc(F)c3)C2)CC1. The summed E-state index contributed by atoms with van der Waals surface area (Å²) in [5.74, 6) is -0.842. The smallest absolute Gasteiger partial charge is 0.134 e. The first-order chi connectivity index (χ1) is 14.0. The van der Waals surface area contributed by atoms with Crippen molar-refractivity contribution in [3.8, 4) is 5.75 Å². The first kappa shape index (κ1) is 23.4. The zero-order valence-corrected chi connectivity index (χ0v) is 18.3. The first-order valence-corrected chi connectivity index (χ1v) is 10.8. The minimum absolute atomic E-state index is 0.0239. The average molecular weight is 428 g/mol. The van der Waals surface area contributed by atoms with Gasteiger partial charge in [0.25, 0.3) is 0 Å². The molecule has 0 bridgehead atoms. The van der Waals surface area contributed by atoms with Gasteiger partial charge in [0.1, 0.15) is 29.6 Å². The van der Waals surface area contributed by atoms with Gasteiger partial charge >= 0.3 is 0 Å². The van der Waals surface area contributed by atoms with Crippen molar-refractivity contribution in [1.82, 2.24) is 4.90 Å². The standard InChI is InChI=1S/C23H35F2NO4/c1-21(2,3)17-4-6-22(27,7-5-17)13-26-8-9-29-15-23(28,14-26)16-30-20-11-18(24)10-19(25)12-20/h10-12,17,27-28H,4-9,13-16H2,1-3H3. The fourth-order valence-electron chi connectivity index (χ4n) is 4.64. The van der Waals surface area contributed by atoms with Crippen LogP contribution >= 0.6 is 0 Å². The van der Waals surface area contributed by atoms with Gasteiger partial charge < -0.3 is 19.7 Å². The molecule has 1 heterocycles. The number of hydrogen-bond donors (Lipinski definition) is 2. The van der Waals surface area contributed by atoms with E-state index in [1.54, 1.807) is 0 Å². The predicted octanol–water partition coefficient (Wildman–Crippen LogP) is 3.37. The van der Waals surface area contributed by atoms with E-state index in [4.69, 9.17) is 9.47 Å². The number of halogens is 2. The lowest BCUT2D eigenvalue weighted by molar-refractivity contribution is -0.0808. The van der Waals surface area contributed by atoms with Crippen LogP contribution in [0.2, 0.25) is 0 Å². The van der Waals surface area contributed by atoms with E-state index >= 15 is 0 Å². The number of benzene rings is 1. The normalized spacial score (nSPS) is 31.4. The van der Waals surface area contributed by atoms with Crippen LogP contribution in [0.15, 0.2) is 18.2 Å². The van der Waals surface area contributed by atoms with E-state index in [1.807, 2.05) is 4.90 Å². The molecule has 1 aromatic rings. The van der Waals surface area contributed by atoms with Crippen molar-refractivity contribution in [3.05, 3.63) is 29.8 Å². The van der Waals surface area contributed by atoms with E-state index in [2.05, 4.69) is 20.8 Å². The molecule has 1 saturated carbocycles. The van der Waals surface area contributed by atoms with Gasteiger partial charge in [-0.05, 0) is 37.0 Å². The number of β-amino-alcohol motifs (C(OH)–C–C–N with tert-alkyl or cyclic N) is 2. The maximum atomic E-state index is 13.4. The maximum absolute atomic E-state index is 13.4. The second kappa shape index (κ2) is 9.07. The van der Waals surface area contributed by atoms with Crippen LogP contribution in [0.25, 0.3) is 0 Å². The van der Waals surface area contributed by atoms with Crippen molar-refractivity contribution in [3.63, 3.8) is 0 Å². The molecule has 1 aliphatic heterocycles. The van der Waals surface area contributed by atoms with Crippen LogP contribution in [0, 0.1) is 23.0 Å². The Morgan fingerprint density at radius 3 is 2.33 bits per heavy atom. The van der Waals surface area contributed by atoms with Crippen molar-refractivity contribution in [1.29, 1.82) is 0 Å². The number of ether oxygens (including phenoxy) is 2. The lowest BCUT2D eigenvalue weighted by atomic mass is 9.68. The lowest BCUT2D eigenvalue weighted by Crippen LogP contribution is -2.53. The molecule has 2 N–H and O–H groups in total. The summed E-state index contributed by atoms with van der Waals surface area (Å²) >= 11 is 0. The molecule has 0 amide bonds. The highest BCUT2D eigenvalue weighted by molar-refractivity contribution is 5.24. The van der Waals surface area contributed by atoms with Crippen molar-refractivity contribution in [2.75, 3.05) is 39.5 Å². The Hall–Kier alpha value is -1.28. The van der Waals surface area contributed by atoms with Gasteiger partial charge in [-0.15, -0.1) is 0 Å². The monoisotopic (exact) mass is 427 g/mol. The third-order valence-electron chi connectivity index (χ3n) is 6.44. The van der Waals surface area contributed by atoms with Gasteiger partial charge in [0, 0.05) is 37.8 Å². The number of rotatable bonds is 5. The summed E-state index contributed by atoms with van der Waals surface area (Å²) in [7, 11) is 0. The molecular formula is C23H35F2NO4. The summed E-state index contributed by atoms with van der Waals surface area (Å²) in [6.45, 7) is 8.42. The highest BCUT2D eigenvalue weighted by Gasteiger charge is 2.41. The van der Waals surface area contributed by atoms with Crippen molar-refractivity contribution in [2.45, 2.75) is 57.7 Å². The van der Waals surface area contributed by atoms with Crippen molar-refractivity contribution < 1.29 is 28.5 Å². The van der Waals surface area contributed by atoms with E-state index in [0.29, 0.717) is 25.6 Å². The fourth-order valence-corrected chi connectivity index (χ4v) is 4.64. The van der Waals surface area contributed by atoms with E-state index in [0.717, 1.165) is 43.9 Å². The van der Waals surface area contributed by atoms with Crippen LogP contribution in [0.4, 0.5) is 8.78 Å². The van der Waals surface area contributed by atoms with Crippen LogP contribution < -0.4 is 4.74 Å².